The van der Waals surface area contributed by atoms with E-state index in [1.165, 1.54) is 14.2 Å². The molecule has 0 amide bonds. The van der Waals surface area contributed by atoms with Gasteiger partial charge in [0.2, 0.25) is 0 Å². The summed E-state index contributed by atoms with van der Waals surface area (Å²) in [4.78, 5) is 36.3. The van der Waals surface area contributed by atoms with Gasteiger partial charge in [-0.25, -0.2) is 14.4 Å². The van der Waals surface area contributed by atoms with E-state index in [0.29, 0.717) is 17.1 Å². The summed E-state index contributed by atoms with van der Waals surface area (Å²) < 4.78 is 32.1. The molecule has 1 fully saturated rings. The predicted molar refractivity (Wildman–Crippen MR) is 187 cm³/mol. The first-order valence-electron chi connectivity index (χ1n) is 16.2. The van der Waals surface area contributed by atoms with Crippen LogP contribution in [0, 0.1) is 0 Å². The second kappa shape index (κ2) is 18.0. The summed E-state index contributed by atoms with van der Waals surface area (Å²) in [6.45, 7) is 13.2. The van der Waals surface area contributed by atoms with Crippen molar-refractivity contribution in [1.29, 1.82) is 0 Å². The summed E-state index contributed by atoms with van der Waals surface area (Å²) >= 11 is 0. The van der Waals surface area contributed by atoms with Crippen molar-refractivity contribution in [3.8, 4) is 33.8 Å². The molecule has 9 heteroatoms. The third-order valence-electron chi connectivity index (χ3n) is 8.15. The highest BCUT2D eigenvalue weighted by atomic mass is 16.6. The van der Waals surface area contributed by atoms with Gasteiger partial charge in [0, 0.05) is 19.8 Å². The minimum atomic E-state index is -0.528. The van der Waals surface area contributed by atoms with E-state index in [0.717, 1.165) is 53.5 Å². The third kappa shape index (κ3) is 10.5. The Kier molecular flexibility index (Phi) is 13.5. The molecule has 0 saturated heterocycles. The monoisotopic (exact) mass is 668 g/mol. The second-order valence-corrected chi connectivity index (χ2v) is 12.0. The number of hydrogen-bond donors (Lipinski definition) is 0. The van der Waals surface area contributed by atoms with Gasteiger partial charge in [-0.3, -0.25) is 0 Å². The lowest BCUT2D eigenvalue weighted by Gasteiger charge is -2.30. The Balaban J connectivity index is 1.49. The van der Waals surface area contributed by atoms with Gasteiger partial charge in [0.05, 0.1) is 24.4 Å². The van der Waals surface area contributed by atoms with Crippen molar-refractivity contribution in [1.82, 2.24) is 0 Å². The quantitative estimate of drug-likeness (QED) is 0.0668. The summed E-state index contributed by atoms with van der Waals surface area (Å²) in [7, 11) is 2.98. The number of esters is 3. The fourth-order valence-electron chi connectivity index (χ4n) is 5.57. The molecule has 258 valence electrons. The van der Waals surface area contributed by atoms with Gasteiger partial charge in [-0.15, -0.1) is 0 Å². The van der Waals surface area contributed by atoms with Crippen LogP contribution in [0.5, 0.6) is 11.5 Å². The van der Waals surface area contributed by atoms with Crippen LogP contribution in [-0.2, 0) is 33.3 Å². The summed E-state index contributed by atoms with van der Waals surface area (Å²) in [5.41, 5.74) is 6.14. The van der Waals surface area contributed by atoms with Crippen molar-refractivity contribution >= 4 is 17.9 Å². The summed E-state index contributed by atoms with van der Waals surface area (Å²) in [6, 6.07) is 21.6. The van der Waals surface area contributed by atoms with E-state index in [2.05, 4.69) is 56.1 Å². The molecule has 0 atom stereocenters. The standard InChI is InChI=1S/C40H44O9/c1-26(2)38(41)48-33-17-13-32(14-18-33)37-23-35(46-21-22-47-39(42)27(3)24-44-5)19-20-36(37)31-9-7-29(8-10-31)30-11-15-34(16-12-30)49-40(43)28(4)25-45-6/h7-12,15-16,19-20,23,32-33H,1,3-4,13-14,17-18,21-22,24-25H2,2,5-6H3. The van der Waals surface area contributed by atoms with E-state index < -0.39 is 11.9 Å². The lowest BCUT2D eigenvalue weighted by Crippen LogP contribution is -2.24. The largest absolute Gasteiger partial charge is 0.490 e. The Bertz CT molecular complexity index is 1650. The van der Waals surface area contributed by atoms with Crippen LogP contribution in [-0.4, -0.2) is 64.7 Å². The topological polar surface area (TPSA) is 107 Å². The molecule has 1 saturated carbocycles. The van der Waals surface area contributed by atoms with Crippen molar-refractivity contribution in [3.63, 3.8) is 0 Å². The van der Waals surface area contributed by atoms with Crippen molar-refractivity contribution in [2.24, 2.45) is 0 Å². The first kappa shape index (κ1) is 36.8. The zero-order valence-electron chi connectivity index (χ0n) is 28.5. The maximum atomic E-state index is 12.2. The molecule has 3 aromatic carbocycles. The molecule has 1 aliphatic rings. The molecule has 0 heterocycles. The lowest BCUT2D eigenvalue weighted by molar-refractivity contribution is -0.145. The number of rotatable bonds is 16. The molecule has 3 aromatic rings. The fourth-order valence-corrected chi connectivity index (χ4v) is 5.57. The number of methoxy groups -OCH3 is 2. The highest BCUT2D eigenvalue weighted by molar-refractivity contribution is 5.90. The van der Waals surface area contributed by atoms with Gasteiger partial charge in [-0.05, 0) is 90.6 Å². The molecule has 1 aliphatic carbocycles. The highest BCUT2D eigenvalue weighted by Crippen LogP contribution is 2.41. The molecule has 49 heavy (non-hydrogen) atoms. The van der Waals surface area contributed by atoms with E-state index in [4.69, 9.17) is 28.4 Å². The van der Waals surface area contributed by atoms with Gasteiger partial charge in [0.1, 0.15) is 30.8 Å². The number of carbonyl (C=O) groups is 3. The summed E-state index contributed by atoms with van der Waals surface area (Å²) in [5.74, 6) is -0.0750. The molecule has 0 spiro atoms. The van der Waals surface area contributed by atoms with Gasteiger partial charge in [-0.2, -0.15) is 0 Å². The Morgan fingerprint density at radius 1 is 0.673 bits per heavy atom. The maximum absolute atomic E-state index is 12.2. The average Bonchev–Trinajstić information content (AvgIpc) is 3.11. The molecule has 0 N–H and O–H groups in total. The molecule has 0 bridgehead atoms. The van der Waals surface area contributed by atoms with Crippen LogP contribution in [0.2, 0.25) is 0 Å². The zero-order chi connectivity index (χ0) is 35.3. The van der Waals surface area contributed by atoms with Crippen LogP contribution in [0.3, 0.4) is 0 Å². The van der Waals surface area contributed by atoms with E-state index in [9.17, 15) is 14.4 Å². The highest BCUT2D eigenvalue weighted by Gasteiger charge is 2.27. The fraction of sp³-hybridized carbons (Fsp3) is 0.325. The lowest BCUT2D eigenvalue weighted by atomic mass is 9.79. The second-order valence-electron chi connectivity index (χ2n) is 12.0. The van der Waals surface area contributed by atoms with Crippen molar-refractivity contribution < 1.29 is 42.8 Å². The van der Waals surface area contributed by atoms with Crippen molar-refractivity contribution in [2.45, 2.75) is 44.6 Å². The van der Waals surface area contributed by atoms with Crippen LogP contribution < -0.4 is 9.47 Å². The zero-order valence-corrected chi connectivity index (χ0v) is 28.5. The molecule has 0 unspecified atom stereocenters. The number of carbonyl (C=O) groups excluding carboxylic acids is 3. The van der Waals surface area contributed by atoms with Crippen LogP contribution in [0.1, 0.15) is 44.1 Å². The number of hydrogen-bond acceptors (Lipinski definition) is 9. The smallest absolute Gasteiger partial charge is 0.341 e. The molecule has 0 radical (unpaired) electrons. The van der Waals surface area contributed by atoms with Gasteiger partial charge in [-0.1, -0.05) is 62.2 Å². The Hall–Kier alpha value is -4.99. The van der Waals surface area contributed by atoms with Crippen molar-refractivity contribution in [2.75, 3.05) is 40.6 Å². The molecule has 0 aromatic heterocycles. The number of benzene rings is 3. The Labute approximate surface area is 288 Å². The van der Waals surface area contributed by atoms with E-state index >= 15 is 0 Å². The normalized spacial score (nSPS) is 15.5. The molecule has 9 nitrogen and oxygen atoms in total. The molecular weight excluding hydrogens is 624 g/mol. The van der Waals surface area contributed by atoms with Crippen LogP contribution in [0.4, 0.5) is 0 Å². The van der Waals surface area contributed by atoms with Crippen LogP contribution in [0.25, 0.3) is 22.3 Å². The van der Waals surface area contributed by atoms with Gasteiger partial charge >= 0.3 is 17.9 Å². The summed E-state index contributed by atoms with van der Waals surface area (Å²) in [6.07, 6.45) is 3.06. The number of ether oxygens (including phenoxy) is 6. The SMILES string of the molecule is C=C(C)C(=O)OC1CCC(c2cc(OCCOC(=O)C(=C)COC)ccc2-c2ccc(-c3ccc(OC(=O)C(=C)COC)cc3)cc2)CC1. The van der Waals surface area contributed by atoms with Gasteiger partial charge < -0.3 is 28.4 Å². The molecule has 0 aliphatic heterocycles. The minimum absolute atomic E-state index is 0.0752. The molecule has 4 rings (SSSR count). The van der Waals surface area contributed by atoms with E-state index in [1.54, 1.807) is 19.1 Å². The Morgan fingerprint density at radius 2 is 1.22 bits per heavy atom. The van der Waals surface area contributed by atoms with Gasteiger partial charge in [0.25, 0.3) is 0 Å². The average molecular weight is 669 g/mol. The first-order valence-corrected chi connectivity index (χ1v) is 16.2. The van der Waals surface area contributed by atoms with Crippen molar-refractivity contribution in [3.05, 3.63) is 109 Å². The third-order valence-corrected chi connectivity index (χ3v) is 8.15. The van der Waals surface area contributed by atoms with E-state index in [-0.39, 0.29) is 55.6 Å². The minimum Gasteiger partial charge on any atom is -0.490 e. The first-order chi connectivity index (χ1) is 23.6. The predicted octanol–water partition coefficient (Wildman–Crippen LogP) is 7.40. The van der Waals surface area contributed by atoms with Gasteiger partial charge in [0.15, 0.2) is 0 Å². The van der Waals surface area contributed by atoms with Crippen LogP contribution in [0.15, 0.2) is 103 Å². The summed E-state index contributed by atoms with van der Waals surface area (Å²) in [5, 5.41) is 0. The van der Waals surface area contributed by atoms with E-state index in [1.807, 2.05) is 18.2 Å². The molecular formula is C40H44O9. The maximum Gasteiger partial charge on any atom is 0.341 e. The Morgan fingerprint density at radius 3 is 1.82 bits per heavy atom. The van der Waals surface area contributed by atoms with Crippen LogP contribution >= 0.6 is 0 Å².